The van der Waals surface area contributed by atoms with E-state index in [0.717, 1.165) is 50.8 Å². The van der Waals surface area contributed by atoms with E-state index in [-0.39, 0.29) is 35.8 Å². The van der Waals surface area contributed by atoms with E-state index in [0.29, 0.717) is 18.5 Å². The Morgan fingerprint density at radius 3 is 2.27 bits per heavy atom. The van der Waals surface area contributed by atoms with Crippen molar-refractivity contribution in [2.24, 2.45) is 10.9 Å². The number of halogens is 2. The quantitative estimate of drug-likeness (QED) is 0.290. The number of morpholine rings is 1. The van der Waals surface area contributed by atoms with Crippen LogP contribution in [0.3, 0.4) is 0 Å². The fourth-order valence-electron chi connectivity index (χ4n) is 3.68. The molecule has 0 bridgehead atoms. The highest BCUT2D eigenvalue weighted by Crippen LogP contribution is 2.21. The Hall–Kier alpha value is -0.970. The van der Waals surface area contributed by atoms with Crippen molar-refractivity contribution in [2.45, 2.75) is 32.4 Å². The molecule has 0 saturated carbocycles. The van der Waals surface area contributed by atoms with Gasteiger partial charge in [-0.3, -0.25) is 9.89 Å². The van der Waals surface area contributed by atoms with Gasteiger partial charge in [-0.15, -0.1) is 24.0 Å². The first-order valence-corrected chi connectivity index (χ1v) is 10.6. The van der Waals surface area contributed by atoms with E-state index < -0.39 is 0 Å². The van der Waals surface area contributed by atoms with Crippen molar-refractivity contribution in [1.82, 2.24) is 20.4 Å². The van der Waals surface area contributed by atoms with Gasteiger partial charge in [-0.05, 0) is 44.1 Å². The maximum atomic E-state index is 13.4. The Morgan fingerprint density at radius 2 is 1.73 bits per heavy atom. The smallest absolute Gasteiger partial charge is 0.191 e. The third-order valence-corrected chi connectivity index (χ3v) is 5.41. The second-order valence-corrected chi connectivity index (χ2v) is 8.30. The number of ether oxygens (including phenoxy) is 1. The van der Waals surface area contributed by atoms with Crippen LogP contribution >= 0.6 is 24.0 Å². The predicted molar refractivity (Wildman–Crippen MR) is 133 cm³/mol. The van der Waals surface area contributed by atoms with Crippen molar-refractivity contribution in [2.75, 3.05) is 60.5 Å². The summed E-state index contributed by atoms with van der Waals surface area (Å²) in [4.78, 5) is 9.04. The number of nitrogens with one attached hydrogen (secondary N) is 2. The van der Waals surface area contributed by atoms with Crippen LogP contribution in [0.15, 0.2) is 29.3 Å². The molecule has 172 valence electrons. The van der Waals surface area contributed by atoms with E-state index in [1.807, 2.05) is 12.1 Å². The zero-order valence-electron chi connectivity index (χ0n) is 19.0. The molecule has 8 heteroatoms. The SMILES string of the molecule is CN=C(NCC(CC(C)C)N(C)C)NCC(c1ccc(F)cc1)N1CCOCC1.I. The van der Waals surface area contributed by atoms with Crippen molar-refractivity contribution < 1.29 is 9.13 Å². The van der Waals surface area contributed by atoms with Gasteiger partial charge in [0.2, 0.25) is 0 Å². The van der Waals surface area contributed by atoms with Crippen LogP contribution in [-0.2, 0) is 4.74 Å². The number of hydrogen-bond acceptors (Lipinski definition) is 4. The fraction of sp³-hybridized carbons (Fsp3) is 0.682. The second kappa shape index (κ2) is 14.2. The van der Waals surface area contributed by atoms with Crippen LogP contribution in [0, 0.1) is 11.7 Å². The average molecular weight is 535 g/mol. The molecule has 6 nitrogen and oxygen atoms in total. The first kappa shape index (κ1) is 27.1. The van der Waals surface area contributed by atoms with Crippen molar-refractivity contribution in [1.29, 1.82) is 0 Å². The van der Waals surface area contributed by atoms with Gasteiger partial charge in [0.05, 0.1) is 19.3 Å². The largest absolute Gasteiger partial charge is 0.379 e. The summed E-state index contributed by atoms with van der Waals surface area (Å²) >= 11 is 0. The van der Waals surface area contributed by atoms with E-state index in [9.17, 15) is 4.39 Å². The van der Waals surface area contributed by atoms with Gasteiger partial charge in [0.1, 0.15) is 5.82 Å². The minimum absolute atomic E-state index is 0. The van der Waals surface area contributed by atoms with Crippen molar-refractivity contribution >= 4 is 29.9 Å². The molecule has 1 aromatic rings. The van der Waals surface area contributed by atoms with Crippen LogP contribution < -0.4 is 10.6 Å². The summed E-state index contributed by atoms with van der Waals surface area (Å²) in [5.41, 5.74) is 1.10. The monoisotopic (exact) mass is 535 g/mol. The molecular weight excluding hydrogens is 496 g/mol. The highest BCUT2D eigenvalue weighted by atomic mass is 127. The topological polar surface area (TPSA) is 52.1 Å². The summed E-state index contributed by atoms with van der Waals surface area (Å²) in [5.74, 6) is 1.23. The molecule has 1 aromatic carbocycles. The van der Waals surface area contributed by atoms with E-state index in [1.54, 1.807) is 7.05 Å². The number of aliphatic imine (C=N–C) groups is 1. The first-order chi connectivity index (χ1) is 13.9. The molecule has 2 unspecified atom stereocenters. The summed E-state index contributed by atoms with van der Waals surface area (Å²) < 4.78 is 18.9. The van der Waals surface area contributed by atoms with Gasteiger partial charge in [0, 0.05) is 39.3 Å². The summed E-state index contributed by atoms with van der Waals surface area (Å²) in [6.07, 6.45) is 1.13. The molecule has 1 fully saturated rings. The Balaban J connectivity index is 0.00000450. The number of guanidine groups is 1. The minimum Gasteiger partial charge on any atom is -0.379 e. The van der Waals surface area contributed by atoms with E-state index in [4.69, 9.17) is 4.74 Å². The molecule has 30 heavy (non-hydrogen) atoms. The van der Waals surface area contributed by atoms with Gasteiger partial charge >= 0.3 is 0 Å². The van der Waals surface area contributed by atoms with Gasteiger partial charge in [0.25, 0.3) is 0 Å². The van der Waals surface area contributed by atoms with Crippen LogP contribution in [0.5, 0.6) is 0 Å². The lowest BCUT2D eigenvalue weighted by Crippen LogP contribution is -2.48. The number of rotatable bonds is 9. The summed E-state index contributed by atoms with van der Waals surface area (Å²) in [6, 6.07) is 7.39. The standard InChI is InChI=1S/C22H38FN5O.HI/c1-17(2)14-20(27(4)5)15-25-22(24-3)26-16-21(28-10-12-29-13-11-28)18-6-8-19(23)9-7-18;/h6-9,17,20-21H,10-16H2,1-5H3,(H2,24,25,26);1H. The normalized spacial score (nSPS) is 17.5. The number of likely N-dealkylation sites (N-methyl/N-ethyl adjacent to an activating group) is 1. The Kier molecular flexibility index (Phi) is 12.8. The van der Waals surface area contributed by atoms with Crippen molar-refractivity contribution in [3.05, 3.63) is 35.6 Å². The highest BCUT2D eigenvalue weighted by Gasteiger charge is 2.23. The van der Waals surface area contributed by atoms with Crippen LogP contribution in [0.25, 0.3) is 0 Å². The molecule has 1 heterocycles. The molecular formula is C22H39FIN5O. The Morgan fingerprint density at radius 1 is 1.13 bits per heavy atom. The van der Waals surface area contributed by atoms with Crippen molar-refractivity contribution in [3.63, 3.8) is 0 Å². The molecule has 0 aliphatic carbocycles. The zero-order chi connectivity index (χ0) is 21.2. The third-order valence-electron chi connectivity index (χ3n) is 5.41. The number of benzene rings is 1. The fourth-order valence-corrected chi connectivity index (χ4v) is 3.68. The van der Waals surface area contributed by atoms with Crippen molar-refractivity contribution in [3.8, 4) is 0 Å². The van der Waals surface area contributed by atoms with Gasteiger partial charge < -0.3 is 20.3 Å². The summed E-state index contributed by atoms with van der Waals surface area (Å²) in [7, 11) is 6.03. The van der Waals surface area contributed by atoms with Crippen LogP contribution in [0.4, 0.5) is 4.39 Å². The molecule has 0 aromatic heterocycles. The molecule has 0 spiro atoms. The summed E-state index contributed by atoms with van der Waals surface area (Å²) in [6.45, 7) is 9.22. The van der Waals surface area contributed by atoms with Crippen LogP contribution in [0.2, 0.25) is 0 Å². The molecule has 0 radical (unpaired) electrons. The second-order valence-electron chi connectivity index (χ2n) is 8.30. The van der Waals surface area contributed by atoms with Gasteiger partial charge in [-0.25, -0.2) is 4.39 Å². The molecule has 2 N–H and O–H groups in total. The number of nitrogens with zero attached hydrogens (tertiary/aromatic N) is 3. The molecule has 1 saturated heterocycles. The third kappa shape index (κ3) is 9.03. The lowest BCUT2D eigenvalue weighted by atomic mass is 10.0. The van der Waals surface area contributed by atoms with Crippen LogP contribution in [0.1, 0.15) is 31.9 Å². The lowest BCUT2D eigenvalue weighted by molar-refractivity contribution is 0.0170. The molecule has 1 aliphatic rings. The Labute approximate surface area is 198 Å². The van der Waals surface area contributed by atoms with E-state index >= 15 is 0 Å². The molecule has 2 atom stereocenters. The number of hydrogen-bond donors (Lipinski definition) is 2. The maximum absolute atomic E-state index is 13.4. The maximum Gasteiger partial charge on any atom is 0.191 e. The minimum atomic E-state index is -0.209. The molecule has 1 aliphatic heterocycles. The zero-order valence-corrected chi connectivity index (χ0v) is 21.4. The average Bonchev–Trinajstić information content (AvgIpc) is 2.71. The van der Waals surface area contributed by atoms with E-state index in [1.165, 1.54) is 12.1 Å². The van der Waals surface area contributed by atoms with Crippen LogP contribution in [-0.4, -0.2) is 82.3 Å². The van der Waals surface area contributed by atoms with Gasteiger partial charge in [-0.2, -0.15) is 0 Å². The molecule has 0 amide bonds. The lowest BCUT2D eigenvalue weighted by Gasteiger charge is -2.35. The highest BCUT2D eigenvalue weighted by molar-refractivity contribution is 14.0. The first-order valence-electron chi connectivity index (χ1n) is 10.6. The van der Waals surface area contributed by atoms with Gasteiger partial charge in [-0.1, -0.05) is 26.0 Å². The summed E-state index contributed by atoms with van der Waals surface area (Å²) in [5, 5.41) is 6.94. The Bertz CT molecular complexity index is 620. The predicted octanol–water partition coefficient (Wildman–Crippen LogP) is 2.96. The van der Waals surface area contributed by atoms with Gasteiger partial charge in [0.15, 0.2) is 5.96 Å². The molecule has 2 rings (SSSR count). The van der Waals surface area contributed by atoms with E-state index in [2.05, 4.69) is 53.4 Å².